The smallest absolute Gasteiger partial charge is 0.223 e. The summed E-state index contributed by atoms with van der Waals surface area (Å²) in [5.41, 5.74) is 1.09. The fourth-order valence-electron chi connectivity index (χ4n) is 2.13. The number of aliphatic hydroxyl groups excluding tert-OH is 1. The average Bonchev–Trinajstić information content (AvgIpc) is 2.99. The molecule has 1 aromatic heterocycles. The topological polar surface area (TPSA) is 95.6 Å². The fraction of sp³-hybridized carbons (Fsp3) is 0.438. The lowest BCUT2D eigenvalue weighted by atomic mass is 10.0. The Kier molecular flexibility index (Phi) is 6.56. The van der Waals surface area contributed by atoms with Crippen molar-refractivity contribution < 1.29 is 9.63 Å². The van der Waals surface area contributed by atoms with E-state index in [0.717, 1.165) is 12.1 Å². The van der Waals surface area contributed by atoms with Crippen molar-refractivity contribution in [3.8, 4) is 0 Å². The summed E-state index contributed by atoms with van der Waals surface area (Å²) in [6.45, 7) is 5.47. The molecule has 0 saturated carbocycles. The summed E-state index contributed by atoms with van der Waals surface area (Å²) >= 11 is 0. The third-order valence-electron chi connectivity index (χ3n) is 3.30. The Morgan fingerprint density at radius 3 is 2.70 bits per heavy atom. The zero-order chi connectivity index (χ0) is 16.5. The summed E-state index contributed by atoms with van der Waals surface area (Å²) in [5, 5.41) is 19.8. The van der Waals surface area contributed by atoms with Crippen LogP contribution in [0.1, 0.15) is 30.1 Å². The molecule has 1 aromatic carbocycles. The minimum atomic E-state index is 0.00692. The number of nitrogens with one attached hydrogen (secondary N) is 2. The van der Waals surface area contributed by atoms with Crippen LogP contribution in [0.5, 0.6) is 0 Å². The monoisotopic (exact) mass is 317 g/mol. The van der Waals surface area contributed by atoms with Gasteiger partial charge in [-0.3, -0.25) is 0 Å². The number of aryl methyl sites for hydroxylation is 1. The molecule has 0 amide bonds. The maximum Gasteiger partial charge on any atom is 0.223 e. The zero-order valence-electron chi connectivity index (χ0n) is 13.5. The van der Waals surface area contributed by atoms with Gasteiger partial charge in [0.05, 0.1) is 6.61 Å². The van der Waals surface area contributed by atoms with Crippen LogP contribution in [0.3, 0.4) is 0 Å². The van der Waals surface area contributed by atoms with Gasteiger partial charge in [0, 0.05) is 25.9 Å². The molecule has 1 atom stereocenters. The molecule has 0 saturated heterocycles. The number of aromatic nitrogens is 2. The van der Waals surface area contributed by atoms with Gasteiger partial charge in [-0.05, 0) is 12.5 Å². The van der Waals surface area contributed by atoms with E-state index in [9.17, 15) is 5.11 Å². The lowest BCUT2D eigenvalue weighted by molar-refractivity contribution is 0.265. The number of aliphatic hydroxyl groups is 1. The van der Waals surface area contributed by atoms with Crippen molar-refractivity contribution in [3.63, 3.8) is 0 Å². The molecule has 0 aliphatic heterocycles. The Hall–Kier alpha value is -2.41. The molecule has 0 aliphatic rings. The van der Waals surface area contributed by atoms with E-state index < -0.39 is 0 Å². The largest absolute Gasteiger partial charge is 0.396 e. The van der Waals surface area contributed by atoms with Crippen LogP contribution in [0.4, 0.5) is 0 Å². The zero-order valence-corrected chi connectivity index (χ0v) is 13.5. The van der Waals surface area contributed by atoms with E-state index in [-0.39, 0.29) is 12.5 Å². The van der Waals surface area contributed by atoms with E-state index in [1.54, 1.807) is 6.92 Å². The van der Waals surface area contributed by atoms with Crippen molar-refractivity contribution in [1.82, 2.24) is 20.8 Å². The highest BCUT2D eigenvalue weighted by atomic mass is 16.5. The number of nitrogens with zero attached hydrogens (tertiary/aromatic N) is 3. The van der Waals surface area contributed by atoms with Gasteiger partial charge in [0.1, 0.15) is 6.54 Å². The first kappa shape index (κ1) is 17.0. The summed E-state index contributed by atoms with van der Waals surface area (Å²) in [5.74, 6) is 1.73. The summed E-state index contributed by atoms with van der Waals surface area (Å²) in [7, 11) is 0. The van der Waals surface area contributed by atoms with Gasteiger partial charge in [-0.15, -0.1) is 0 Å². The van der Waals surface area contributed by atoms with Crippen molar-refractivity contribution in [2.75, 3.05) is 19.7 Å². The van der Waals surface area contributed by atoms with Gasteiger partial charge in [0.15, 0.2) is 11.8 Å². The molecule has 0 aliphatic carbocycles. The standard InChI is InChI=1S/C16H23N5O2/c1-3-17-16(19-10-15-20-12(2)23-21-15)18-9-14(11-22)13-7-5-4-6-8-13/h4-8,14,22H,3,9-11H2,1-2H3,(H2,17,18,19). The van der Waals surface area contributed by atoms with Gasteiger partial charge in [-0.1, -0.05) is 35.5 Å². The molecule has 124 valence electrons. The first-order chi connectivity index (χ1) is 11.2. The van der Waals surface area contributed by atoms with Crippen molar-refractivity contribution >= 4 is 5.96 Å². The molecule has 2 rings (SSSR count). The van der Waals surface area contributed by atoms with E-state index in [1.807, 2.05) is 37.3 Å². The van der Waals surface area contributed by atoms with Gasteiger partial charge in [0.2, 0.25) is 5.89 Å². The maximum atomic E-state index is 9.60. The maximum absolute atomic E-state index is 9.60. The molecule has 0 bridgehead atoms. The second-order valence-electron chi connectivity index (χ2n) is 5.10. The lowest BCUT2D eigenvalue weighted by Crippen LogP contribution is -2.40. The molecule has 0 spiro atoms. The number of hydrogen-bond donors (Lipinski definition) is 3. The molecule has 2 aromatic rings. The average molecular weight is 317 g/mol. The van der Waals surface area contributed by atoms with Crippen LogP contribution < -0.4 is 10.6 Å². The van der Waals surface area contributed by atoms with Crippen LogP contribution in [-0.4, -0.2) is 40.9 Å². The molecule has 1 heterocycles. The molecule has 0 radical (unpaired) electrons. The number of benzene rings is 1. The van der Waals surface area contributed by atoms with Crippen molar-refractivity contribution in [2.24, 2.45) is 4.99 Å². The minimum absolute atomic E-state index is 0.00692. The summed E-state index contributed by atoms with van der Waals surface area (Å²) < 4.78 is 4.93. The highest BCUT2D eigenvalue weighted by Crippen LogP contribution is 2.13. The van der Waals surface area contributed by atoms with Crippen LogP contribution in [0.15, 0.2) is 39.8 Å². The fourth-order valence-corrected chi connectivity index (χ4v) is 2.13. The number of hydrogen-bond acceptors (Lipinski definition) is 5. The Balaban J connectivity index is 1.95. The third-order valence-corrected chi connectivity index (χ3v) is 3.30. The van der Waals surface area contributed by atoms with E-state index >= 15 is 0 Å². The Morgan fingerprint density at radius 2 is 2.09 bits per heavy atom. The van der Waals surface area contributed by atoms with E-state index in [4.69, 9.17) is 4.52 Å². The van der Waals surface area contributed by atoms with Crippen molar-refractivity contribution in [1.29, 1.82) is 0 Å². The molecule has 23 heavy (non-hydrogen) atoms. The summed E-state index contributed by atoms with van der Waals surface area (Å²) in [6.07, 6.45) is 0. The summed E-state index contributed by atoms with van der Waals surface area (Å²) in [4.78, 5) is 8.55. The van der Waals surface area contributed by atoms with Gasteiger partial charge < -0.3 is 20.3 Å². The third kappa shape index (κ3) is 5.37. The van der Waals surface area contributed by atoms with Crippen LogP contribution in [0, 0.1) is 6.92 Å². The number of aliphatic imine (C=N–C) groups is 1. The van der Waals surface area contributed by atoms with Crippen LogP contribution >= 0.6 is 0 Å². The van der Waals surface area contributed by atoms with E-state index in [1.165, 1.54) is 0 Å². The van der Waals surface area contributed by atoms with Gasteiger partial charge in [-0.25, -0.2) is 4.99 Å². The second kappa shape index (κ2) is 8.89. The second-order valence-corrected chi connectivity index (χ2v) is 5.10. The highest BCUT2D eigenvalue weighted by Gasteiger charge is 2.11. The summed E-state index contributed by atoms with van der Waals surface area (Å²) in [6, 6.07) is 9.92. The molecule has 7 heteroatoms. The number of rotatable bonds is 7. The molecular weight excluding hydrogens is 294 g/mol. The van der Waals surface area contributed by atoms with Gasteiger partial charge in [0.25, 0.3) is 0 Å². The molecule has 1 unspecified atom stereocenters. The Labute approximate surface area is 135 Å². The van der Waals surface area contributed by atoms with Crippen molar-refractivity contribution in [3.05, 3.63) is 47.6 Å². The van der Waals surface area contributed by atoms with Gasteiger partial charge >= 0.3 is 0 Å². The SMILES string of the molecule is CCNC(=NCc1noc(C)n1)NCC(CO)c1ccccc1. The first-order valence-corrected chi connectivity index (χ1v) is 7.70. The van der Waals surface area contributed by atoms with Crippen LogP contribution in [0.25, 0.3) is 0 Å². The highest BCUT2D eigenvalue weighted by molar-refractivity contribution is 5.79. The Morgan fingerprint density at radius 1 is 1.30 bits per heavy atom. The van der Waals surface area contributed by atoms with Gasteiger partial charge in [-0.2, -0.15) is 4.98 Å². The Bertz CT molecular complexity index is 612. The molecule has 3 N–H and O–H groups in total. The lowest BCUT2D eigenvalue weighted by Gasteiger charge is -2.17. The van der Waals surface area contributed by atoms with E-state index in [0.29, 0.717) is 30.8 Å². The molecule has 0 fully saturated rings. The molecule has 7 nitrogen and oxygen atoms in total. The quantitative estimate of drug-likeness (QED) is 0.525. The van der Waals surface area contributed by atoms with Crippen LogP contribution in [0.2, 0.25) is 0 Å². The first-order valence-electron chi connectivity index (χ1n) is 7.70. The van der Waals surface area contributed by atoms with Crippen molar-refractivity contribution in [2.45, 2.75) is 26.3 Å². The molecular formula is C16H23N5O2. The predicted molar refractivity (Wildman–Crippen MR) is 88.1 cm³/mol. The van der Waals surface area contributed by atoms with E-state index in [2.05, 4.69) is 25.8 Å². The normalized spacial score (nSPS) is 12.9. The minimum Gasteiger partial charge on any atom is -0.396 e. The number of guanidine groups is 1. The van der Waals surface area contributed by atoms with Crippen LogP contribution in [-0.2, 0) is 6.54 Å². The predicted octanol–water partition coefficient (Wildman–Crippen LogP) is 1.21.